The Morgan fingerprint density at radius 2 is 1.71 bits per heavy atom. The molecule has 0 aliphatic carbocycles. The Balaban J connectivity index is 2.36. The molecule has 0 spiro atoms. The highest BCUT2D eigenvalue weighted by Crippen LogP contribution is 2.31. The van der Waals surface area contributed by atoms with Gasteiger partial charge in [0.1, 0.15) is 23.7 Å². The monoisotopic (exact) mass is 289 g/mol. The third kappa shape index (κ3) is 2.99. The Morgan fingerprint density at radius 3 is 2.24 bits per heavy atom. The Kier molecular flexibility index (Phi) is 4.45. The van der Waals surface area contributed by atoms with E-state index < -0.39 is 0 Å². The van der Waals surface area contributed by atoms with Gasteiger partial charge in [-0.15, -0.1) is 0 Å². The molecule has 0 radical (unpaired) electrons. The standard InChI is InChI=1S/C15H23N5O/c1-8(2)12-14(16-6)17-7-18-15(12)19-9(3)13-10(4)20-21-11(13)5/h7-9H,1-6H3,(H2,16,17,18,19). The summed E-state index contributed by atoms with van der Waals surface area (Å²) in [5, 5.41) is 10.6. The maximum atomic E-state index is 5.24. The van der Waals surface area contributed by atoms with E-state index in [2.05, 4.69) is 46.5 Å². The van der Waals surface area contributed by atoms with Crippen molar-refractivity contribution < 1.29 is 4.52 Å². The van der Waals surface area contributed by atoms with E-state index >= 15 is 0 Å². The molecule has 0 bridgehead atoms. The molecule has 0 saturated carbocycles. The van der Waals surface area contributed by atoms with Gasteiger partial charge in [0.15, 0.2) is 0 Å². The summed E-state index contributed by atoms with van der Waals surface area (Å²) in [6, 6.07) is 0.0633. The lowest BCUT2D eigenvalue weighted by Gasteiger charge is -2.20. The third-order valence-corrected chi connectivity index (χ3v) is 3.57. The fraction of sp³-hybridized carbons (Fsp3) is 0.533. The summed E-state index contributed by atoms with van der Waals surface area (Å²) >= 11 is 0. The quantitative estimate of drug-likeness (QED) is 0.878. The van der Waals surface area contributed by atoms with Gasteiger partial charge in [-0.1, -0.05) is 19.0 Å². The molecule has 0 amide bonds. The van der Waals surface area contributed by atoms with Crippen LogP contribution in [0.2, 0.25) is 0 Å². The minimum atomic E-state index is 0.0633. The maximum absolute atomic E-state index is 5.24. The van der Waals surface area contributed by atoms with E-state index in [4.69, 9.17) is 4.52 Å². The summed E-state index contributed by atoms with van der Waals surface area (Å²) in [6.45, 7) is 10.2. The van der Waals surface area contributed by atoms with Gasteiger partial charge in [0.25, 0.3) is 0 Å². The van der Waals surface area contributed by atoms with E-state index in [1.54, 1.807) is 6.33 Å². The van der Waals surface area contributed by atoms with E-state index in [1.807, 2.05) is 20.9 Å². The molecule has 0 saturated heterocycles. The Bertz CT molecular complexity index is 601. The van der Waals surface area contributed by atoms with Crippen LogP contribution in [0, 0.1) is 13.8 Å². The molecule has 1 unspecified atom stereocenters. The summed E-state index contributed by atoms with van der Waals surface area (Å²) in [7, 11) is 1.87. The normalized spacial score (nSPS) is 12.5. The van der Waals surface area contributed by atoms with E-state index in [9.17, 15) is 0 Å². The van der Waals surface area contributed by atoms with Gasteiger partial charge < -0.3 is 15.2 Å². The molecular formula is C15H23N5O. The smallest absolute Gasteiger partial charge is 0.139 e. The van der Waals surface area contributed by atoms with Gasteiger partial charge in [0.05, 0.1) is 11.7 Å². The van der Waals surface area contributed by atoms with Crippen LogP contribution in [0.25, 0.3) is 0 Å². The second kappa shape index (κ2) is 6.11. The molecule has 0 aromatic carbocycles. The van der Waals surface area contributed by atoms with Gasteiger partial charge in [0, 0.05) is 18.2 Å². The van der Waals surface area contributed by atoms with Crippen molar-refractivity contribution in [1.29, 1.82) is 0 Å². The number of aryl methyl sites for hydroxylation is 2. The molecule has 2 heterocycles. The summed E-state index contributed by atoms with van der Waals surface area (Å²) in [5.41, 5.74) is 3.06. The third-order valence-electron chi connectivity index (χ3n) is 3.57. The summed E-state index contributed by atoms with van der Waals surface area (Å²) in [6.07, 6.45) is 1.57. The van der Waals surface area contributed by atoms with Crippen molar-refractivity contribution in [3.05, 3.63) is 28.9 Å². The predicted molar refractivity (Wildman–Crippen MR) is 83.7 cm³/mol. The highest BCUT2D eigenvalue weighted by molar-refractivity contribution is 5.59. The fourth-order valence-electron chi connectivity index (χ4n) is 2.64. The molecule has 6 heteroatoms. The van der Waals surface area contributed by atoms with Gasteiger partial charge in [-0.2, -0.15) is 0 Å². The molecule has 21 heavy (non-hydrogen) atoms. The first-order chi connectivity index (χ1) is 9.95. The van der Waals surface area contributed by atoms with Crippen molar-refractivity contribution in [2.24, 2.45) is 0 Å². The van der Waals surface area contributed by atoms with Crippen LogP contribution in [0.1, 0.15) is 55.3 Å². The van der Waals surface area contributed by atoms with Gasteiger partial charge in [-0.05, 0) is 26.7 Å². The zero-order chi connectivity index (χ0) is 15.6. The van der Waals surface area contributed by atoms with E-state index in [-0.39, 0.29) is 6.04 Å². The molecule has 6 nitrogen and oxygen atoms in total. The van der Waals surface area contributed by atoms with Crippen LogP contribution in [-0.2, 0) is 0 Å². The zero-order valence-corrected chi connectivity index (χ0v) is 13.5. The Hall–Kier alpha value is -2.11. The first-order valence-electron chi connectivity index (χ1n) is 7.17. The molecule has 0 fully saturated rings. The topological polar surface area (TPSA) is 75.9 Å². The number of nitrogens with one attached hydrogen (secondary N) is 2. The first-order valence-corrected chi connectivity index (χ1v) is 7.17. The van der Waals surface area contributed by atoms with Crippen LogP contribution in [-0.4, -0.2) is 22.2 Å². The van der Waals surface area contributed by atoms with E-state index in [0.29, 0.717) is 5.92 Å². The SMILES string of the molecule is CNc1ncnc(NC(C)c2c(C)noc2C)c1C(C)C. The summed E-state index contributed by atoms with van der Waals surface area (Å²) < 4.78 is 5.24. The molecule has 114 valence electrons. The van der Waals surface area contributed by atoms with Crippen LogP contribution in [0.3, 0.4) is 0 Å². The number of hydrogen-bond acceptors (Lipinski definition) is 6. The van der Waals surface area contributed by atoms with Crippen LogP contribution in [0.4, 0.5) is 11.6 Å². The van der Waals surface area contributed by atoms with Crippen molar-refractivity contribution >= 4 is 11.6 Å². The maximum Gasteiger partial charge on any atom is 0.139 e. The molecule has 0 aliphatic heterocycles. The van der Waals surface area contributed by atoms with Crippen molar-refractivity contribution in [3.63, 3.8) is 0 Å². The van der Waals surface area contributed by atoms with Crippen LogP contribution in [0.5, 0.6) is 0 Å². The Labute approximate surface area is 125 Å². The molecule has 2 rings (SSSR count). The molecule has 2 N–H and O–H groups in total. The van der Waals surface area contributed by atoms with Gasteiger partial charge in [-0.3, -0.25) is 0 Å². The second-order valence-electron chi connectivity index (χ2n) is 5.49. The average Bonchev–Trinajstić information content (AvgIpc) is 2.77. The van der Waals surface area contributed by atoms with Crippen molar-refractivity contribution in [3.8, 4) is 0 Å². The lowest BCUT2D eigenvalue weighted by Crippen LogP contribution is -2.14. The lowest BCUT2D eigenvalue weighted by atomic mass is 10.0. The molecular weight excluding hydrogens is 266 g/mol. The average molecular weight is 289 g/mol. The minimum absolute atomic E-state index is 0.0633. The van der Waals surface area contributed by atoms with E-state index in [1.165, 1.54) is 0 Å². The first kappa shape index (κ1) is 15.3. The number of aromatic nitrogens is 3. The van der Waals surface area contributed by atoms with Gasteiger partial charge >= 0.3 is 0 Å². The van der Waals surface area contributed by atoms with Gasteiger partial charge in [-0.25, -0.2) is 9.97 Å². The van der Waals surface area contributed by atoms with E-state index in [0.717, 1.165) is 34.2 Å². The highest BCUT2D eigenvalue weighted by atomic mass is 16.5. The number of rotatable bonds is 5. The Morgan fingerprint density at radius 1 is 1.05 bits per heavy atom. The minimum Gasteiger partial charge on any atom is -0.373 e. The van der Waals surface area contributed by atoms with Gasteiger partial charge in [0.2, 0.25) is 0 Å². The van der Waals surface area contributed by atoms with Crippen molar-refractivity contribution in [1.82, 2.24) is 15.1 Å². The molecule has 2 aromatic rings. The summed E-state index contributed by atoms with van der Waals surface area (Å²) in [4.78, 5) is 8.70. The number of nitrogens with zero attached hydrogens (tertiary/aromatic N) is 3. The second-order valence-corrected chi connectivity index (χ2v) is 5.49. The predicted octanol–water partition coefficient (Wildman–Crippen LogP) is 3.42. The highest BCUT2D eigenvalue weighted by Gasteiger charge is 2.20. The largest absolute Gasteiger partial charge is 0.373 e. The van der Waals surface area contributed by atoms with Crippen molar-refractivity contribution in [2.45, 2.75) is 46.6 Å². The van der Waals surface area contributed by atoms with Crippen LogP contribution >= 0.6 is 0 Å². The van der Waals surface area contributed by atoms with Crippen molar-refractivity contribution in [2.75, 3.05) is 17.7 Å². The number of anilines is 2. The fourth-order valence-corrected chi connectivity index (χ4v) is 2.64. The number of hydrogen-bond donors (Lipinski definition) is 2. The summed E-state index contributed by atoms with van der Waals surface area (Å²) in [5.74, 6) is 2.85. The van der Waals surface area contributed by atoms with Crippen LogP contribution < -0.4 is 10.6 Å². The zero-order valence-electron chi connectivity index (χ0n) is 13.5. The van der Waals surface area contributed by atoms with Crippen LogP contribution in [0.15, 0.2) is 10.9 Å². The molecule has 2 aromatic heterocycles. The molecule has 0 aliphatic rings. The lowest BCUT2D eigenvalue weighted by molar-refractivity contribution is 0.392. The molecule has 1 atom stereocenters.